The van der Waals surface area contributed by atoms with E-state index in [-0.39, 0.29) is 23.7 Å². The summed E-state index contributed by atoms with van der Waals surface area (Å²) >= 11 is 0. The lowest BCUT2D eigenvalue weighted by atomic mass is 10.2. The fourth-order valence-electron chi connectivity index (χ4n) is 1.61. The summed E-state index contributed by atoms with van der Waals surface area (Å²) in [6.45, 7) is 1.97. The lowest BCUT2D eigenvalue weighted by Gasteiger charge is -2.08. The summed E-state index contributed by atoms with van der Waals surface area (Å²) in [5.41, 5.74) is 6.65. The average Bonchev–Trinajstić information content (AvgIpc) is 2.50. The molecule has 1 aromatic heterocycles. The number of nitrogens with two attached hydrogens (primary N) is 1. The van der Waals surface area contributed by atoms with E-state index in [1.54, 1.807) is 31.2 Å². The molecule has 0 radical (unpaired) electrons. The van der Waals surface area contributed by atoms with Gasteiger partial charge in [-0.15, -0.1) is 0 Å². The molecular weight excluding hydrogens is 270 g/mol. The Labute approximate surface area is 121 Å². The molecule has 21 heavy (non-hydrogen) atoms. The van der Waals surface area contributed by atoms with Crippen LogP contribution in [0.15, 0.2) is 36.5 Å². The number of nitrogens with zero attached hydrogens (tertiary/aromatic N) is 2. The smallest absolute Gasteiger partial charge is 0.340 e. The van der Waals surface area contributed by atoms with Crippen LogP contribution in [0.25, 0.3) is 0 Å². The van der Waals surface area contributed by atoms with Crippen molar-refractivity contribution in [3.05, 3.63) is 47.7 Å². The molecule has 2 aromatic rings. The Bertz CT molecular complexity index is 690. The first kappa shape index (κ1) is 14.3. The number of anilines is 1. The van der Waals surface area contributed by atoms with Crippen LogP contribution in [-0.2, 0) is 4.74 Å². The largest absolute Gasteiger partial charge is 0.462 e. The number of benzene rings is 1. The van der Waals surface area contributed by atoms with E-state index in [1.807, 2.05) is 6.07 Å². The van der Waals surface area contributed by atoms with E-state index in [1.165, 1.54) is 12.3 Å². The molecule has 0 spiro atoms. The Morgan fingerprint density at radius 2 is 2.10 bits per heavy atom. The van der Waals surface area contributed by atoms with Gasteiger partial charge in [-0.05, 0) is 31.2 Å². The van der Waals surface area contributed by atoms with Crippen LogP contribution in [0.1, 0.15) is 22.8 Å². The minimum absolute atomic E-state index is 0.204. The zero-order chi connectivity index (χ0) is 15.2. The molecule has 1 heterocycles. The van der Waals surface area contributed by atoms with Gasteiger partial charge in [-0.25, -0.2) is 9.78 Å². The minimum Gasteiger partial charge on any atom is -0.462 e. The van der Waals surface area contributed by atoms with Crippen LogP contribution in [0.5, 0.6) is 11.6 Å². The molecule has 0 bridgehead atoms. The number of carbonyl (C=O) groups is 1. The Kier molecular flexibility index (Phi) is 4.36. The van der Waals surface area contributed by atoms with Crippen LogP contribution < -0.4 is 10.5 Å². The van der Waals surface area contributed by atoms with Crippen molar-refractivity contribution >= 4 is 11.7 Å². The second-order valence-corrected chi connectivity index (χ2v) is 4.07. The number of esters is 1. The number of nitriles is 1. The highest BCUT2D eigenvalue weighted by atomic mass is 16.5. The highest BCUT2D eigenvalue weighted by Crippen LogP contribution is 2.23. The first-order valence-electron chi connectivity index (χ1n) is 6.24. The van der Waals surface area contributed by atoms with E-state index in [2.05, 4.69) is 4.98 Å². The van der Waals surface area contributed by atoms with Gasteiger partial charge in [-0.2, -0.15) is 5.26 Å². The van der Waals surface area contributed by atoms with Crippen molar-refractivity contribution in [2.24, 2.45) is 0 Å². The van der Waals surface area contributed by atoms with Gasteiger partial charge in [0.25, 0.3) is 0 Å². The first-order chi connectivity index (χ1) is 10.1. The molecule has 0 saturated carbocycles. The molecule has 1 aromatic carbocycles. The Balaban J connectivity index is 2.22. The van der Waals surface area contributed by atoms with Crippen molar-refractivity contribution < 1.29 is 14.3 Å². The van der Waals surface area contributed by atoms with Crippen LogP contribution in [0, 0.1) is 11.3 Å². The quantitative estimate of drug-likeness (QED) is 0.865. The van der Waals surface area contributed by atoms with Crippen molar-refractivity contribution in [3.63, 3.8) is 0 Å². The zero-order valence-corrected chi connectivity index (χ0v) is 11.4. The zero-order valence-electron chi connectivity index (χ0n) is 11.4. The second kappa shape index (κ2) is 6.39. The normalized spacial score (nSPS) is 9.71. The van der Waals surface area contributed by atoms with Gasteiger partial charge in [0, 0.05) is 6.07 Å². The Hall–Kier alpha value is -3.07. The summed E-state index contributed by atoms with van der Waals surface area (Å²) in [6.07, 6.45) is 1.34. The highest BCUT2D eigenvalue weighted by molar-refractivity contribution is 5.95. The maximum Gasteiger partial charge on any atom is 0.340 e. The standard InChI is InChI=1S/C15H13N3O3/c1-2-20-15(19)12-7-14(18-9-13(12)17)21-11-5-3-10(8-16)4-6-11/h3-7,9H,2,17H2,1H3. The molecule has 0 saturated heterocycles. The summed E-state index contributed by atoms with van der Waals surface area (Å²) < 4.78 is 10.4. The number of hydrogen-bond acceptors (Lipinski definition) is 6. The summed E-state index contributed by atoms with van der Waals surface area (Å²) in [4.78, 5) is 15.7. The molecule has 106 valence electrons. The number of aromatic nitrogens is 1. The van der Waals surface area contributed by atoms with E-state index in [9.17, 15) is 4.79 Å². The maximum absolute atomic E-state index is 11.7. The number of rotatable bonds is 4. The predicted octanol–water partition coefficient (Wildman–Crippen LogP) is 2.50. The Morgan fingerprint density at radius 3 is 2.71 bits per heavy atom. The Morgan fingerprint density at radius 1 is 1.38 bits per heavy atom. The van der Waals surface area contributed by atoms with Crippen LogP contribution >= 0.6 is 0 Å². The first-order valence-corrected chi connectivity index (χ1v) is 6.24. The van der Waals surface area contributed by atoms with E-state index >= 15 is 0 Å². The number of hydrogen-bond donors (Lipinski definition) is 1. The van der Waals surface area contributed by atoms with Crippen molar-refractivity contribution in [1.29, 1.82) is 5.26 Å². The number of pyridine rings is 1. The van der Waals surface area contributed by atoms with Gasteiger partial charge in [0.2, 0.25) is 5.88 Å². The van der Waals surface area contributed by atoms with E-state index in [0.717, 1.165) is 0 Å². The second-order valence-electron chi connectivity index (χ2n) is 4.07. The van der Waals surface area contributed by atoms with Gasteiger partial charge >= 0.3 is 5.97 Å². The van der Waals surface area contributed by atoms with Crippen molar-refractivity contribution in [3.8, 4) is 17.7 Å². The fourth-order valence-corrected chi connectivity index (χ4v) is 1.61. The van der Waals surface area contributed by atoms with Crippen molar-refractivity contribution in [2.75, 3.05) is 12.3 Å². The van der Waals surface area contributed by atoms with Gasteiger partial charge in [0.15, 0.2) is 0 Å². The minimum atomic E-state index is -0.526. The number of carbonyl (C=O) groups excluding carboxylic acids is 1. The lowest BCUT2D eigenvalue weighted by molar-refractivity contribution is 0.0527. The average molecular weight is 283 g/mol. The molecule has 6 heteroatoms. The van der Waals surface area contributed by atoms with Crippen LogP contribution in [-0.4, -0.2) is 17.6 Å². The third-order valence-corrected chi connectivity index (χ3v) is 2.61. The van der Waals surface area contributed by atoms with Crippen molar-refractivity contribution in [2.45, 2.75) is 6.92 Å². The van der Waals surface area contributed by atoms with E-state index in [0.29, 0.717) is 11.3 Å². The number of ether oxygens (including phenoxy) is 2. The summed E-state index contributed by atoms with van der Waals surface area (Å²) in [7, 11) is 0. The van der Waals surface area contributed by atoms with Gasteiger partial charge in [0.05, 0.1) is 35.7 Å². The molecule has 0 aliphatic heterocycles. The molecule has 6 nitrogen and oxygen atoms in total. The summed E-state index contributed by atoms with van der Waals surface area (Å²) in [5.74, 6) is 0.195. The van der Waals surface area contributed by atoms with Gasteiger partial charge in [0.1, 0.15) is 5.75 Å². The van der Waals surface area contributed by atoms with Crippen LogP contribution in [0.4, 0.5) is 5.69 Å². The van der Waals surface area contributed by atoms with E-state index < -0.39 is 5.97 Å². The lowest BCUT2D eigenvalue weighted by Crippen LogP contribution is -2.08. The molecule has 0 aliphatic carbocycles. The summed E-state index contributed by atoms with van der Waals surface area (Å²) in [6, 6.07) is 9.96. The molecule has 0 aliphatic rings. The third kappa shape index (κ3) is 3.48. The molecule has 2 N–H and O–H groups in total. The van der Waals surface area contributed by atoms with Gasteiger partial charge in [-0.3, -0.25) is 0 Å². The monoisotopic (exact) mass is 283 g/mol. The van der Waals surface area contributed by atoms with Gasteiger partial charge < -0.3 is 15.2 Å². The third-order valence-electron chi connectivity index (χ3n) is 2.61. The molecule has 0 fully saturated rings. The van der Waals surface area contributed by atoms with E-state index in [4.69, 9.17) is 20.5 Å². The molecule has 2 rings (SSSR count). The maximum atomic E-state index is 11.7. The highest BCUT2D eigenvalue weighted by Gasteiger charge is 2.13. The van der Waals surface area contributed by atoms with Crippen LogP contribution in [0.3, 0.4) is 0 Å². The number of nitrogen functional groups attached to an aromatic ring is 1. The summed E-state index contributed by atoms with van der Waals surface area (Å²) in [5, 5.41) is 8.73. The van der Waals surface area contributed by atoms with Crippen LogP contribution in [0.2, 0.25) is 0 Å². The fraction of sp³-hybridized carbons (Fsp3) is 0.133. The predicted molar refractivity (Wildman–Crippen MR) is 75.8 cm³/mol. The molecule has 0 unspecified atom stereocenters. The van der Waals surface area contributed by atoms with Crippen molar-refractivity contribution in [1.82, 2.24) is 4.98 Å². The SMILES string of the molecule is CCOC(=O)c1cc(Oc2ccc(C#N)cc2)ncc1N. The molecule has 0 atom stereocenters. The topological polar surface area (TPSA) is 98.2 Å². The molecular formula is C15H13N3O3. The van der Waals surface area contributed by atoms with Gasteiger partial charge in [-0.1, -0.05) is 0 Å². The molecule has 0 amide bonds.